The number of aryl methyl sites for hydroxylation is 1. The predicted molar refractivity (Wildman–Crippen MR) is 96.9 cm³/mol. The third-order valence-corrected chi connectivity index (χ3v) is 4.93. The highest BCUT2D eigenvalue weighted by Gasteiger charge is 2.36. The minimum absolute atomic E-state index is 0.131. The van der Waals surface area contributed by atoms with Crippen LogP contribution in [0.5, 0.6) is 0 Å². The Kier molecular flexibility index (Phi) is 4.10. The summed E-state index contributed by atoms with van der Waals surface area (Å²) in [5.41, 5.74) is 1.58. The number of carbonyl (C=O) groups excluding carboxylic acids is 1. The number of fused-ring (bicyclic) bond motifs is 1. The van der Waals surface area contributed by atoms with Gasteiger partial charge in [-0.1, -0.05) is 23.4 Å². The molecule has 2 aliphatic heterocycles. The van der Waals surface area contributed by atoms with Crippen molar-refractivity contribution in [3.8, 4) is 0 Å². The van der Waals surface area contributed by atoms with Crippen LogP contribution in [0, 0.1) is 5.92 Å². The van der Waals surface area contributed by atoms with Crippen LogP contribution in [0.1, 0.15) is 19.0 Å². The summed E-state index contributed by atoms with van der Waals surface area (Å²) in [4.78, 5) is 31.5. The van der Waals surface area contributed by atoms with Crippen LogP contribution < -0.4 is 10.9 Å². The molecule has 2 amide bonds. The van der Waals surface area contributed by atoms with Crippen LogP contribution in [-0.4, -0.2) is 45.6 Å². The van der Waals surface area contributed by atoms with E-state index in [1.54, 1.807) is 18.0 Å². The topological polar surface area (TPSA) is 88.8 Å². The number of aromatic nitrogens is 2. The molecule has 2 aliphatic rings. The third kappa shape index (κ3) is 2.91. The van der Waals surface area contributed by atoms with Crippen LogP contribution in [0.4, 0.5) is 4.79 Å². The number of amides is 2. The molecular formula is C18H21N5O3. The molecule has 1 aromatic carbocycles. The van der Waals surface area contributed by atoms with Crippen molar-refractivity contribution in [2.45, 2.75) is 26.0 Å². The van der Waals surface area contributed by atoms with Crippen molar-refractivity contribution in [2.24, 2.45) is 18.1 Å². The fourth-order valence-corrected chi connectivity index (χ4v) is 3.40. The van der Waals surface area contributed by atoms with Crippen molar-refractivity contribution in [3.63, 3.8) is 0 Å². The van der Waals surface area contributed by atoms with E-state index >= 15 is 0 Å². The highest BCUT2D eigenvalue weighted by atomic mass is 16.6. The fourth-order valence-electron chi connectivity index (χ4n) is 3.40. The van der Waals surface area contributed by atoms with Crippen LogP contribution in [0.3, 0.4) is 0 Å². The van der Waals surface area contributed by atoms with E-state index in [4.69, 9.17) is 4.84 Å². The van der Waals surface area contributed by atoms with Gasteiger partial charge < -0.3 is 15.1 Å². The molecule has 3 heterocycles. The zero-order chi connectivity index (χ0) is 18.3. The summed E-state index contributed by atoms with van der Waals surface area (Å²) < 4.78 is 1.31. The Hall–Kier alpha value is -2.90. The SMILES string of the molecule is CC1CC(C2CN(C(=O)NCc3nn(C)c(=O)c4ccccc34)C2)=NO1. The number of likely N-dealkylation sites (tertiary alicyclic amines) is 1. The molecule has 136 valence electrons. The lowest BCUT2D eigenvalue weighted by atomic mass is 9.92. The molecule has 0 bridgehead atoms. The van der Waals surface area contributed by atoms with Crippen molar-refractivity contribution < 1.29 is 9.63 Å². The molecule has 1 saturated heterocycles. The first-order chi connectivity index (χ1) is 12.5. The van der Waals surface area contributed by atoms with Crippen LogP contribution in [0.25, 0.3) is 10.8 Å². The number of benzene rings is 1. The molecule has 0 radical (unpaired) electrons. The maximum absolute atomic E-state index is 12.4. The highest BCUT2D eigenvalue weighted by molar-refractivity contribution is 5.90. The molecule has 1 aromatic heterocycles. The zero-order valence-electron chi connectivity index (χ0n) is 14.8. The summed E-state index contributed by atoms with van der Waals surface area (Å²) in [6.07, 6.45) is 0.977. The minimum atomic E-state index is -0.143. The van der Waals surface area contributed by atoms with E-state index in [2.05, 4.69) is 15.6 Å². The molecule has 1 unspecified atom stereocenters. The fraction of sp³-hybridized carbons (Fsp3) is 0.444. The first kappa shape index (κ1) is 16.6. The summed E-state index contributed by atoms with van der Waals surface area (Å²) in [5.74, 6) is 0.294. The standard InChI is InChI=1S/C18H21N5O3/c1-11-7-15(21-26-11)12-9-23(10-12)18(25)19-8-16-13-5-3-4-6-14(13)17(24)22(2)20-16/h3-6,11-12H,7-10H2,1-2H3,(H,19,25). The van der Waals surface area contributed by atoms with Crippen molar-refractivity contribution >= 4 is 22.5 Å². The average molecular weight is 355 g/mol. The molecular weight excluding hydrogens is 334 g/mol. The van der Waals surface area contributed by atoms with E-state index in [0.717, 1.165) is 17.5 Å². The van der Waals surface area contributed by atoms with Crippen LogP contribution in [0.15, 0.2) is 34.2 Å². The number of nitrogens with one attached hydrogen (secondary N) is 1. The molecule has 4 rings (SSSR count). The second kappa shape index (κ2) is 6.44. The minimum Gasteiger partial charge on any atom is -0.392 e. The van der Waals surface area contributed by atoms with E-state index in [9.17, 15) is 9.59 Å². The molecule has 1 N–H and O–H groups in total. The maximum atomic E-state index is 12.4. The van der Waals surface area contributed by atoms with Crippen LogP contribution in [0.2, 0.25) is 0 Å². The quantitative estimate of drug-likeness (QED) is 0.897. The van der Waals surface area contributed by atoms with Crippen LogP contribution in [-0.2, 0) is 18.4 Å². The Morgan fingerprint density at radius 1 is 1.31 bits per heavy atom. The normalized spacial score (nSPS) is 19.8. The summed E-state index contributed by atoms with van der Waals surface area (Å²) in [6.45, 7) is 3.57. The summed E-state index contributed by atoms with van der Waals surface area (Å²) in [7, 11) is 1.62. The molecule has 0 aliphatic carbocycles. The first-order valence-corrected chi connectivity index (χ1v) is 8.73. The van der Waals surface area contributed by atoms with E-state index in [0.29, 0.717) is 30.1 Å². The van der Waals surface area contributed by atoms with Gasteiger partial charge in [-0.25, -0.2) is 9.48 Å². The van der Waals surface area contributed by atoms with Gasteiger partial charge in [-0.2, -0.15) is 5.10 Å². The summed E-state index contributed by atoms with van der Waals surface area (Å²) >= 11 is 0. The molecule has 0 spiro atoms. The van der Waals surface area contributed by atoms with Gasteiger partial charge >= 0.3 is 6.03 Å². The van der Waals surface area contributed by atoms with E-state index in [1.165, 1.54) is 4.68 Å². The average Bonchev–Trinajstić information content (AvgIpc) is 3.01. The molecule has 0 saturated carbocycles. The molecule has 1 fully saturated rings. The molecule has 2 aromatic rings. The van der Waals surface area contributed by atoms with Crippen molar-refractivity contribution in [2.75, 3.05) is 13.1 Å². The highest BCUT2D eigenvalue weighted by Crippen LogP contribution is 2.24. The Morgan fingerprint density at radius 3 is 2.73 bits per heavy atom. The number of rotatable bonds is 3. The number of nitrogens with zero attached hydrogens (tertiary/aromatic N) is 4. The molecule has 8 heteroatoms. The zero-order valence-corrected chi connectivity index (χ0v) is 14.8. The van der Waals surface area contributed by atoms with Gasteiger partial charge in [0, 0.05) is 37.9 Å². The van der Waals surface area contributed by atoms with E-state index < -0.39 is 0 Å². The van der Waals surface area contributed by atoms with Gasteiger partial charge in [-0.15, -0.1) is 0 Å². The Labute approximate surface area is 150 Å². The Balaban J connectivity index is 1.39. The van der Waals surface area contributed by atoms with Gasteiger partial charge in [0.1, 0.15) is 6.10 Å². The van der Waals surface area contributed by atoms with Gasteiger partial charge in [-0.05, 0) is 13.0 Å². The van der Waals surface area contributed by atoms with Crippen molar-refractivity contribution in [1.82, 2.24) is 20.0 Å². The number of carbonyl (C=O) groups is 1. The largest absolute Gasteiger partial charge is 0.392 e. The molecule has 8 nitrogen and oxygen atoms in total. The lowest BCUT2D eigenvalue weighted by Gasteiger charge is -2.38. The number of oxime groups is 1. The van der Waals surface area contributed by atoms with Crippen LogP contribution >= 0.6 is 0 Å². The monoisotopic (exact) mass is 355 g/mol. The first-order valence-electron chi connectivity index (χ1n) is 8.73. The van der Waals surface area contributed by atoms with Gasteiger partial charge in [-0.3, -0.25) is 4.79 Å². The van der Waals surface area contributed by atoms with Gasteiger partial charge in [0.05, 0.1) is 23.3 Å². The Morgan fingerprint density at radius 2 is 2.04 bits per heavy atom. The summed E-state index contributed by atoms with van der Waals surface area (Å²) in [5, 5.41) is 12.7. The second-order valence-corrected chi connectivity index (χ2v) is 6.88. The third-order valence-electron chi connectivity index (χ3n) is 4.93. The summed E-state index contributed by atoms with van der Waals surface area (Å²) in [6, 6.07) is 7.18. The van der Waals surface area contributed by atoms with Gasteiger partial charge in [0.15, 0.2) is 0 Å². The molecule has 26 heavy (non-hydrogen) atoms. The maximum Gasteiger partial charge on any atom is 0.317 e. The lowest BCUT2D eigenvalue weighted by molar-refractivity contribution is 0.0991. The molecule has 1 atom stereocenters. The number of hydrogen-bond acceptors (Lipinski definition) is 5. The smallest absolute Gasteiger partial charge is 0.317 e. The predicted octanol–water partition coefficient (Wildman–Crippen LogP) is 1.24. The van der Waals surface area contributed by atoms with Gasteiger partial charge in [0.25, 0.3) is 5.56 Å². The van der Waals surface area contributed by atoms with Crippen molar-refractivity contribution in [3.05, 3.63) is 40.3 Å². The Bertz CT molecular complexity index is 945. The lowest BCUT2D eigenvalue weighted by Crippen LogP contribution is -2.56. The number of hydrogen-bond donors (Lipinski definition) is 1. The van der Waals surface area contributed by atoms with Crippen molar-refractivity contribution in [1.29, 1.82) is 0 Å². The second-order valence-electron chi connectivity index (χ2n) is 6.88. The van der Waals surface area contributed by atoms with Gasteiger partial charge in [0.2, 0.25) is 0 Å². The number of urea groups is 1. The van der Waals surface area contributed by atoms with E-state index in [1.807, 2.05) is 25.1 Å². The van der Waals surface area contributed by atoms with E-state index in [-0.39, 0.29) is 24.2 Å².